The van der Waals surface area contributed by atoms with E-state index in [0.29, 0.717) is 34.3 Å². The predicted molar refractivity (Wildman–Crippen MR) is 108 cm³/mol. The number of carbonyl (C=O) groups is 1. The van der Waals surface area contributed by atoms with Crippen LogP contribution in [0.5, 0.6) is 5.75 Å². The summed E-state index contributed by atoms with van der Waals surface area (Å²) in [6.45, 7) is 3.42. The van der Waals surface area contributed by atoms with Crippen LogP contribution in [0.25, 0.3) is 22.3 Å². The number of pyridine rings is 2. The second-order valence-electron chi connectivity index (χ2n) is 7.79. The fourth-order valence-corrected chi connectivity index (χ4v) is 4.56. The summed E-state index contributed by atoms with van der Waals surface area (Å²) in [6.07, 6.45) is 0.653. The number of cyclic esters (lactones) is 1. The Labute approximate surface area is 170 Å². The molecule has 0 amide bonds. The molecule has 4 heterocycles. The molecule has 2 aliphatic rings. The number of fused-ring (bicyclic) bond motifs is 5. The zero-order valence-electron chi connectivity index (χ0n) is 16.5. The molecule has 0 radical (unpaired) electrons. The smallest absolute Gasteiger partial charge is 0.343 e. The van der Waals surface area contributed by atoms with Crippen molar-refractivity contribution in [3.05, 3.63) is 61.0 Å². The quantitative estimate of drug-likeness (QED) is 0.434. The summed E-state index contributed by atoms with van der Waals surface area (Å²) in [5.74, 6) is -0.771. The minimum absolute atomic E-state index is 0.0108. The molecule has 2 aliphatic heterocycles. The van der Waals surface area contributed by atoms with Gasteiger partial charge < -0.3 is 24.5 Å². The summed E-state index contributed by atoms with van der Waals surface area (Å²) in [4.78, 5) is 41.9. The van der Waals surface area contributed by atoms with Crippen LogP contribution in [0.1, 0.15) is 42.5 Å². The van der Waals surface area contributed by atoms with E-state index in [4.69, 9.17) is 4.74 Å². The lowest BCUT2D eigenvalue weighted by molar-refractivity contribution is -0.172. The first-order chi connectivity index (χ1) is 14.3. The molecule has 3 N–H and O–H groups in total. The largest absolute Gasteiger partial charge is 0.508 e. The van der Waals surface area contributed by atoms with E-state index in [1.54, 1.807) is 19.1 Å². The predicted octanol–water partition coefficient (Wildman–Crippen LogP) is 1.64. The highest BCUT2D eigenvalue weighted by molar-refractivity contribution is 5.88. The number of H-pyrrole nitrogens is 1. The van der Waals surface area contributed by atoms with E-state index in [1.165, 1.54) is 10.6 Å². The van der Waals surface area contributed by atoms with Gasteiger partial charge in [-0.05, 0) is 36.6 Å². The lowest BCUT2D eigenvalue weighted by Crippen LogP contribution is -2.44. The van der Waals surface area contributed by atoms with Crippen LogP contribution < -0.4 is 11.0 Å². The summed E-state index contributed by atoms with van der Waals surface area (Å²) >= 11 is 0. The summed E-state index contributed by atoms with van der Waals surface area (Å²) in [6, 6.07) is 4.64. The summed E-state index contributed by atoms with van der Waals surface area (Å²) in [5.41, 5.74) is 0.614. The van der Waals surface area contributed by atoms with Crippen molar-refractivity contribution in [2.24, 2.45) is 0 Å². The van der Waals surface area contributed by atoms with Gasteiger partial charge in [0.2, 0.25) is 0 Å². The van der Waals surface area contributed by atoms with E-state index in [-0.39, 0.29) is 41.9 Å². The van der Waals surface area contributed by atoms with Crippen molar-refractivity contribution in [3.8, 4) is 17.1 Å². The molecule has 0 spiro atoms. The van der Waals surface area contributed by atoms with Crippen LogP contribution in [0.15, 0.2) is 27.8 Å². The monoisotopic (exact) mass is 408 g/mol. The SMILES string of the molecule is CCc1cc(O)cc2c(=O)c3c([nH]c12)-c1cc2c(c(=O)n1C3)COC(=O)[C@]2(O)CC. The highest BCUT2D eigenvalue weighted by atomic mass is 16.6. The number of esters is 1. The van der Waals surface area contributed by atoms with E-state index >= 15 is 0 Å². The number of ether oxygens (including phenoxy) is 1. The van der Waals surface area contributed by atoms with Crippen LogP contribution >= 0.6 is 0 Å². The number of carbonyl (C=O) groups excluding carboxylic acids is 1. The highest BCUT2D eigenvalue weighted by Gasteiger charge is 2.45. The third kappa shape index (κ3) is 2.22. The molecule has 0 bridgehead atoms. The van der Waals surface area contributed by atoms with Crippen LogP contribution in [0.2, 0.25) is 0 Å². The Kier molecular flexibility index (Phi) is 3.76. The molecule has 154 valence electrons. The maximum atomic E-state index is 13.2. The zero-order chi connectivity index (χ0) is 21.4. The van der Waals surface area contributed by atoms with Gasteiger partial charge in [0.15, 0.2) is 11.0 Å². The number of aryl methyl sites for hydroxylation is 1. The molecule has 1 aromatic carbocycles. The number of aromatic hydroxyl groups is 1. The van der Waals surface area contributed by atoms with Gasteiger partial charge in [-0.25, -0.2) is 4.79 Å². The van der Waals surface area contributed by atoms with E-state index in [9.17, 15) is 24.6 Å². The van der Waals surface area contributed by atoms with Crippen LogP contribution in [0.4, 0.5) is 0 Å². The molecule has 0 saturated heterocycles. The average molecular weight is 408 g/mol. The number of phenols is 1. The Balaban J connectivity index is 1.86. The van der Waals surface area contributed by atoms with Gasteiger partial charge in [0.05, 0.1) is 29.0 Å². The number of rotatable bonds is 2. The standard InChI is InChI=1S/C22H20N2O6/c1-3-10-5-11(25)6-12-17(10)23-18-13(19(12)26)8-24-16(18)7-15-14(20(24)27)9-30-21(28)22(15,29)4-2/h5-7,25,29H,3-4,8-9H2,1-2H3,(H,23,26)/t22-/m0/s1. The van der Waals surface area contributed by atoms with Crippen molar-refractivity contribution in [1.82, 2.24) is 9.55 Å². The van der Waals surface area contributed by atoms with Crippen molar-refractivity contribution in [3.63, 3.8) is 0 Å². The first-order valence-corrected chi connectivity index (χ1v) is 9.88. The molecular formula is C22H20N2O6. The lowest BCUT2D eigenvalue weighted by atomic mass is 9.86. The summed E-state index contributed by atoms with van der Waals surface area (Å²) < 4.78 is 6.52. The highest BCUT2D eigenvalue weighted by Crippen LogP contribution is 2.38. The molecule has 3 aromatic rings. The van der Waals surface area contributed by atoms with E-state index < -0.39 is 17.1 Å². The van der Waals surface area contributed by atoms with Gasteiger partial charge in [0.25, 0.3) is 5.56 Å². The molecule has 0 aliphatic carbocycles. The van der Waals surface area contributed by atoms with Crippen molar-refractivity contribution in [1.29, 1.82) is 0 Å². The Morgan fingerprint density at radius 2 is 1.93 bits per heavy atom. The number of aromatic nitrogens is 2. The molecule has 5 rings (SSSR count). The van der Waals surface area contributed by atoms with Gasteiger partial charge in [-0.2, -0.15) is 0 Å². The summed E-state index contributed by atoms with van der Waals surface area (Å²) in [7, 11) is 0. The molecule has 8 nitrogen and oxygen atoms in total. The Hall–Kier alpha value is -3.39. The van der Waals surface area contributed by atoms with Gasteiger partial charge in [-0.3, -0.25) is 9.59 Å². The minimum atomic E-state index is -1.90. The molecule has 0 fully saturated rings. The number of nitrogens with zero attached hydrogens (tertiary/aromatic N) is 1. The molecule has 0 saturated carbocycles. The van der Waals surface area contributed by atoms with E-state index in [1.807, 2.05) is 6.92 Å². The number of nitrogens with one attached hydrogen (secondary N) is 1. The van der Waals surface area contributed by atoms with Crippen molar-refractivity contribution >= 4 is 16.9 Å². The molecule has 2 aromatic heterocycles. The topological polar surface area (TPSA) is 122 Å². The number of phenolic OH excluding ortho intramolecular Hbond substituents is 1. The number of benzene rings is 1. The molecular weight excluding hydrogens is 388 g/mol. The molecule has 1 atom stereocenters. The van der Waals surface area contributed by atoms with Crippen LogP contribution in [0, 0.1) is 0 Å². The first kappa shape index (κ1) is 18.6. The second kappa shape index (κ2) is 6.06. The summed E-state index contributed by atoms with van der Waals surface area (Å²) in [5, 5.41) is 21.3. The fourth-order valence-electron chi connectivity index (χ4n) is 4.56. The van der Waals surface area contributed by atoms with Gasteiger partial charge >= 0.3 is 5.97 Å². The van der Waals surface area contributed by atoms with Crippen molar-refractivity contribution in [2.45, 2.75) is 45.4 Å². The number of hydrogen-bond donors (Lipinski definition) is 3. The number of aliphatic hydroxyl groups is 1. The number of aromatic amines is 1. The van der Waals surface area contributed by atoms with Crippen molar-refractivity contribution in [2.75, 3.05) is 0 Å². The van der Waals surface area contributed by atoms with Crippen LogP contribution in [-0.4, -0.2) is 25.7 Å². The average Bonchev–Trinajstić information content (AvgIpc) is 3.11. The molecule has 0 unspecified atom stereocenters. The van der Waals surface area contributed by atoms with Crippen molar-refractivity contribution < 1.29 is 19.7 Å². The number of hydrogen-bond acceptors (Lipinski definition) is 6. The third-order valence-electron chi connectivity index (χ3n) is 6.27. The van der Waals surface area contributed by atoms with Gasteiger partial charge in [0.1, 0.15) is 12.4 Å². The second-order valence-corrected chi connectivity index (χ2v) is 7.79. The maximum absolute atomic E-state index is 13.2. The Bertz CT molecular complexity index is 1380. The maximum Gasteiger partial charge on any atom is 0.343 e. The fraction of sp³-hybridized carbons (Fsp3) is 0.318. The Morgan fingerprint density at radius 1 is 1.17 bits per heavy atom. The molecule has 8 heteroatoms. The Morgan fingerprint density at radius 3 is 2.63 bits per heavy atom. The van der Waals surface area contributed by atoms with E-state index in [0.717, 1.165) is 5.56 Å². The van der Waals surface area contributed by atoms with Gasteiger partial charge in [-0.1, -0.05) is 13.8 Å². The van der Waals surface area contributed by atoms with E-state index in [2.05, 4.69) is 4.98 Å². The first-order valence-electron chi connectivity index (χ1n) is 9.88. The van der Waals surface area contributed by atoms with Gasteiger partial charge in [0, 0.05) is 16.5 Å². The minimum Gasteiger partial charge on any atom is -0.508 e. The van der Waals surface area contributed by atoms with Crippen LogP contribution in [0.3, 0.4) is 0 Å². The normalized spacial score (nSPS) is 19.4. The van der Waals surface area contributed by atoms with Crippen LogP contribution in [-0.2, 0) is 34.7 Å². The zero-order valence-corrected chi connectivity index (χ0v) is 16.5. The third-order valence-corrected chi connectivity index (χ3v) is 6.27. The van der Waals surface area contributed by atoms with Gasteiger partial charge in [-0.15, -0.1) is 0 Å². The lowest BCUT2D eigenvalue weighted by Gasteiger charge is -2.31. The molecule has 30 heavy (non-hydrogen) atoms.